The van der Waals surface area contributed by atoms with Crippen LogP contribution in [0.3, 0.4) is 0 Å². The highest BCUT2D eigenvalue weighted by atomic mass is 16.5. The average molecular weight is 269 g/mol. The molecule has 0 radical (unpaired) electrons. The van der Waals surface area contributed by atoms with E-state index < -0.39 is 0 Å². The molecule has 1 aromatic carbocycles. The predicted molar refractivity (Wildman–Crippen MR) is 79.4 cm³/mol. The second kappa shape index (κ2) is 6.33. The van der Waals surface area contributed by atoms with Crippen molar-refractivity contribution in [1.82, 2.24) is 4.98 Å². The third-order valence-corrected chi connectivity index (χ3v) is 3.43. The summed E-state index contributed by atoms with van der Waals surface area (Å²) in [4.78, 5) is 16.5. The molecule has 2 aromatic rings. The first kappa shape index (κ1) is 14.3. The van der Waals surface area contributed by atoms with E-state index in [1.165, 1.54) is 0 Å². The van der Waals surface area contributed by atoms with E-state index in [0.29, 0.717) is 12.8 Å². The zero-order valence-electron chi connectivity index (χ0n) is 12.1. The van der Waals surface area contributed by atoms with Crippen LogP contribution in [0.1, 0.15) is 33.6 Å². The molecule has 0 amide bonds. The summed E-state index contributed by atoms with van der Waals surface area (Å²) in [7, 11) is 1.66. The number of carbonyl (C=O) groups excluding carboxylic acids is 1. The van der Waals surface area contributed by atoms with E-state index in [1.54, 1.807) is 13.3 Å². The molecule has 1 heterocycles. The molecule has 0 spiro atoms. The number of benzene rings is 1. The van der Waals surface area contributed by atoms with Crippen LogP contribution in [0.15, 0.2) is 36.5 Å². The van der Waals surface area contributed by atoms with Crippen LogP contribution < -0.4 is 4.74 Å². The molecule has 0 fully saturated rings. The van der Waals surface area contributed by atoms with Crippen LogP contribution in [0.4, 0.5) is 0 Å². The van der Waals surface area contributed by atoms with Gasteiger partial charge in [-0.05, 0) is 20.3 Å². The van der Waals surface area contributed by atoms with Gasteiger partial charge in [0, 0.05) is 35.0 Å². The Morgan fingerprint density at radius 2 is 1.90 bits per heavy atom. The maximum atomic E-state index is 12.1. The minimum Gasteiger partial charge on any atom is -0.496 e. The lowest BCUT2D eigenvalue weighted by atomic mass is 10.0. The van der Waals surface area contributed by atoms with E-state index >= 15 is 0 Å². The third kappa shape index (κ3) is 3.05. The number of nitrogens with zero attached hydrogens (tertiary/aromatic N) is 1. The average Bonchev–Trinajstić information content (AvgIpc) is 2.47. The molecule has 3 heteroatoms. The van der Waals surface area contributed by atoms with Crippen molar-refractivity contribution in [3.05, 3.63) is 58.9 Å². The summed E-state index contributed by atoms with van der Waals surface area (Å²) >= 11 is 0. The third-order valence-electron chi connectivity index (χ3n) is 3.43. The predicted octanol–water partition coefficient (Wildman–Crippen LogP) is 3.52. The highest BCUT2D eigenvalue weighted by molar-refractivity contribution is 5.96. The SMILES string of the molecule is COc1c(C)cnc(CCC(=O)c2ccccc2)c1C. The van der Waals surface area contributed by atoms with Crippen molar-refractivity contribution in [2.45, 2.75) is 26.7 Å². The Morgan fingerprint density at radius 1 is 1.20 bits per heavy atom. The molecule has 20 heavy (non-hydrogen) atoms. The fourth-order valence-corrected chi connectivity index (χ4v) is 2.32. The second-order valence-corrected chi connectivity index (χ2v) is 4.84. The molecule has 0 saturated carbocycles. The van der Waals surface area contributed by atoms with Crippen molar-refractivity contribution >= 4 is 5.78 Å². The summed E-state index contributed by atoms with van der Waals surface area (Å²) in [5, 5.41) is 0. The monoisotopic (exact) mass is 269 g/mol. The van der Waals surface area contributed by atoms with Gasteiger partial charge in [0.25, 0.3) is 0 Å². The lowest BCUT2D eigenvalue weighted by Gasteiger charge is -2.11. The van der Waals surface area contributed by atoms with Crippen LogP contribution in [0.25, 0.3) is 0 Å². The molecule has 0 aliphatic heterocycles. The van der Waals surface area contributed by atoms with Gasteiger partial charge in [0.15, 0.2) is 5.78 Å². The molecule has 104 valence electrons. The number of rotatable bonds is 5. The fourth-order valence-electron chi connectivity index (χ4n) is 2.32. The van der Waals surface area contributed by atoms with Gasteiger partial charge in [-0.3, -0.25) is 9.78 Å². The number of methoxy groups -OCH3 is 1. The largest absolute Gasteiger partial charge is 0.496 e. The molecule has 3 nitrogen and oxygen atoms in total. The van der Waals surface area contributed by atoms with E-state index in [4.69, 9.17) is 4.74 Å². The zero-order chi connectivity index (χ0) is 14.5. The number of aromatic nitrogens is 1. The number of ketones is 1. The van der Waals surface area contributed by atoms with Crippen molar-refractivity contribution in [3.8, 4) is 5.75 Å². The molecule has 1 aromatic heterocycles. The van der Waals surface area contributed by atoms with Gasteiger partial charge >= 0.3 is 0 Å². The number of carbonyl (C=O) groups is 1. The quantitative estimate of drug-likeness (QED) is 0.780. The minimum absolute atomic E-state index is 0.145. The summed E-state index contributed by atoms with van der Waals surface area (Å²) in [6.07, 6.45) is 2.90. The molecule has 0 aliphatic carbocycles. The molecule has 0 bridgehead atoms. The van der Waals surface area contributed by atoms with E-state index in [9.17, 15) is 4.79 Å². The van der Waals surface area contributed by atoms with Gasteiger partial charge in [-0.2, -0.15) is 0 Å². The van der Waals surface area contributed by atoms with Crippen LogP contribution in [0.5, 0.6) is 5.75 Å². The summed E-state index contributed by atoms with van der Waals surface area (Å²) in [6.45, 7) is 3.96. The van der Waals surface area contributed by atoms with E-state index in [2.05, 4.69) is 4.98 Å². The highest BCUT2D eigenvalue weighted by Crippen LogP contribution is 2.24. The first-order valence-electron chi connectivity index (χ1n) is 6.70. The lowest BCUT2D eigenvalue weighted by Crippen LogP contribution is -2.05. The Bertz CT molecular complexity index is 606. The number of Topliss-reactive ketones (excluding diaryl/α,β-unsaturated/α-hetero) is 1. The summed E-state index contributed by atoms with van der Waals surface area (Å²) in [5.41, 5.74) is 3.72. The van der Waals surface area contributed by atoms with Crippen LogP contribution in [-0.4, -0.2) is 17.9 Å². The Kier molecular flexibility index (Phi) is 4.51. The number of pyridine rings is 1. The number of hydrogen-bond acceptors (Lipinski definition) is 3. The van der Waals surface area contributed by atoms with Gasteiger partial charge in [-0.1, -0.05) is 30.3 Å². The Morgan fingerprint density at radius 3 is 2.55 bits per heavy atom. The Balaban J connectivity index is 2.10. The normalized spacial score (nSPS) is 10.3. The van der Waals surface area contributed by atoms with Crippen molar-refractivity contribution in [2.75, 3.05) is 7.11 Å². The summed E-state index contributed by atoms with van der Waals surface area (Å²) in [5.74, 6) is 1.01. The first-order chi connectivity index (χ1) is 9.63. The zero-order valence-corrected chi connectivity index (χ0v) is 12.1. The molecule has 0 N–H and O–H groups in total. The molecule has 0 saturated heterocycles. The maximum absolute atomic E-state index is 12.1. The fraction of sp³-hybridized carbons (Fsp3) is 0.294. The molecule has 0 unspecified atom stereocenters. The van der Waals surface area contributed by atoms with Gasteiger partial charge in [0.2, 0.25) is 0 Å². The summed E-state index contributed by atoms with van der Waals surface area (Å²) < 4.78 is 5.38. The Hall–Kier alpha value is -2.16. The molecular formula is C17H19NO2. The smallest absolute Gasteiger partial charge is 0.163 e. The van der Waals surface area contributed by atoms with E-state index in [-0.39, 0.29) is 5.78 Å². The number of hydrogen-bond donors (Lipinski definition) is 0. The maximum Gasteiger partial charge on any atom is 0.163 e. The molecular weight excluding hydrogens is 250 g/mol. The van der Waals surface area contributed by atoms with Crippen molar-refractivity contribution < 1.29 is 9.53 Å². The molecule has 2 rings (SSSR count). The van der Waals surface area contributed by atoms with Crippen molar-refractivity contribution in [3.63, 3.8) is 0 Å². The van der Waals surface area contributed by atoms with E-state index in [1.807, 2.05) is 44.2 Å². The lowest BCUT2D eigenvalue weighted by molar-refractivity contribution is 0.0982. The Labute approximate surface area is 119 Å². The minimum atomic E-state index is 0.145. The van der Waals surface area contributed by atoms with Gasteiger partial charge < -0.3 is 4.74 Å². The summed E-state index contributed by atoms with van der Waals surface area (Å²) in [6, 6.07) is 9.36. The van der Waals surface area contributed by atoms with Crippen molar-refractivity contribution in [2.24, 2.45) is 0 Å². The second-order valence-electron chi connectivity index (χ2n) is 4.84. The van der Waals surface area contributed by atoms with Crippen LogP contribution in [-0.2, 0) is 6.42 Å². The van der Waals surface area contributed by atoms with Crippen LogP contribution in [0.2, 0.25) is 0 Å². The molecule has 0 aliphatic rings. The van der Waals surface area contributed by atoms with Gasteiger partial charge in [-0.15, -0.1) is 0 Å². The van der Waals surface area contributed by atoms with Crippen molar-refractivity contribution in [1.29, 1.82) is 0 Å². The number of aryl methyl sites for hydroxylation is 2. The topological polar surface area (TPSA) is 39.2 Å². The number of ether oxygens (including phenoxy) is 1. The molecule has 0 atom stereocenters. The highest BCUT2D eigenvalue weighted by Gasteiger charge is 2.11. The van der Waals surface area contributed by atoms with Gasteiger partial charge in [-0.25, -0.2) is 0 Å². The standard InChI is InChI=1S/C17H19NO2/c1-12-11-18-15(13(2)17(12)20-3)9-10-16(19)14-7-5-4-6-8-14/h4-8,11H,9-10H2,1-3H3. The first-order valence-corrected chi connectivity index (χ1v) is 6.70. The van der Waals surface area contributed by atoms with Crippen LogP contribution in [0, 0.1) is 13.8 Å². The van der Waals surface area contributed by atoms with Gasteiger partial charge in [0.05, 0.1) is 7.11 Å². The van der Waals surface area contributed by atoms with Crippen LogP contribution >= 0.6 is 0 Å². The van der Waals surface area contributed by atoms with E-state index in [0.717, 1.165) is 28.1 Å². The van der Waals surface area contributed by atoms with Gasteiger partial charge in [0.1, 0.15) is 5.75 Å².